The summed E-state index contributed by atoms with van der Waals surface area (Å²) in [5.41, 5.74) is 3.26. The van der Waals surface area contributed by atoms with E-state index >= 15 is 0 Å². The fourth-order valence-electron chi connectivity index (χ4n) is 2.68. The number of carbonyl (C=O) groups excluding carboxylic acids is 1. The van der Waals surface area contributed by atoms with Crippen molar-refractivity contribution in [2.24, 2.45) is 0 Å². The van der Waals surface area contributed by atoms with Gasteiger partial charge in [-0.2, -0.15) is 0 Å². The summed E-state index contributed by atoms with van der Waals surface area (Å²) >= 11 is 0. The fraction of sp³-hybridized carbons (Fsp3) is 0.222. The third-order valence-electron chi connectivity index (χ3n) is 3.66. The molecule has 1 aromatic heterocycles. The summed E-state index contributed by atoms with van der Waals surface area (Å²) in [4.78, 5) is 16.4. The smallest absolute Gasteiger partial charge is 0.341 e. The maximum Gasteiger partial charge on any atom is 0.341 e. The lowest BCUT2D eigenvalue weighted by molar-refractivity contribution is 0.0596. The normalized spacial score (nSPS) is 10.7. The minimum absolute atomic E-state index is 0.410. The number of methoxy groups -OCH3 is 1. The molecule has 3 rings (SSSR count). The van der Waals surface area contributed by atoms with E-state index in [2.05, 4.69) is 4.98 Å². The van der Waals surface area contributed by atoms with Gasteiger partial charge in [0.05, 0.1) is 30.4 Å². The van der Waals surface area contributed by atoms with Crippen molar-refractivity contribution in [3.63, 3.8) is 0 Å². The van der Waals surface area contributed by atoms with Gasteiger partial charge >= 0.3 is 5.97 Å². The van der Waals surface area contributed by atoms with Crippen LogP contribution in [0.1, 0.15) is 23.1 Å². The van der Waals surface area contributed by atoms with Gasteiger partial charge in [-0.25, -0.2) is 9.78 Å². The highest BCUT2D eigenvalue weighted by Gasteiger charge is 2.16. The Morgan fingerprint density at radius 2 is 2.00 bits per heavy atom. The first-order chi connectivity index (χ1) is 11.2. The molecule has 0 amide bonds. The Bertz CT molecular complexity index is 868. The molecule has 0 fully saturated rings. The van der Waals surface area contributed by atoms with E-state index in [0.29, 0.717) is 17.9 Å². The van der Waals surface area contributed by atoms with Crippen molar-refractivity contribution in [2.45, 2.75) is 13.8 Å². The van der Waals surface area contributed by atoms with Gasteiger partial charge in [0, 0.05) is 6.07 Å². The number of ether oxygens (including phenoxy) is 2. The molecule has 2 aromatic carbocycles. The van der Waals surface area contributed by atoms with Crippen LogP contribution < -0.4 is 4.74 Å². The highest BCUT2D eigenvalue weighted by Crippen LogP contribution is 2.27. The molecule has 5 heteroatoms. The molecule has 0 atom stereocenters. The zero-order chi connectivity index (χ0) is 16.4. The molecule has 0 aliphatic carbocycles. The average molecular weight is 310 g/mol. The summed E-state index contributed by atoms with van der Waals surface area (Å²) in [5.74, 6) is 0.973. The van der Waals surface area contributed by atoms with Crippen molar-refractivity contribution < 1.29 is 14.3 Å². The molecule has 0 unspecified atom stereocenters. The number of carbonyl (C=O) groups is 1. The van der Waals surface area contributed by atoms with E-state index < -0.39 is 5.97 Å². The second-order valence-corrected chi connectivity index (χ2v) is 5.09. The number of imidazole rings is 1. The summed E-state index contributed by atoms with van der Waals surface area (Å²) in [6, 6.07) is 13.4. The van der Waals surface area contributed by atoms with Gasteiger partial charge < -0.3 is 9.47 Å². The summed E-state index contributed by atoms with van der Waals surface area (Å²) in [7, 11) is 1.36. The molecule has 0 radical (unpaired) electrons. The number of nitrogens with zero attached hydrogens (tertiary/aromatic N) is 2. The highest BCUT2D eigenvalue weighted by molar-refractivity contribution is 5.93. The van der Waals surface area contributed by atoms with Crippen molar-refractivity contribution in [2.75, 3.05) is 13.7 Å². The van der Waals surface area contributed by atoms with Crippen LogP contribution in [0.2, 0.25) is 0 Å². The Hall–Kier alpha value is -2.82. The number of hydrogen-bond acceptors (Lipinski definition) is 4. The van der Waals surface area contributed by atoms with Gasteiger partial charge in [0.25, 0.3) is 0 Å². The van der Waals surface area contributed by atoms with Gasteiger partial charge in [-0.15, -0.1) is 0 Å². The van der Waals surface area contributed by atoms with Gasteiger partial charge in [0.2, 0.25) is 0 Å². The fourth-order valence-corrected chi connectivity index (χ4v) is 2.68. The molecule has 0 N–H and O–H groups in total. The first-order valence-electron chi connectivity index (χ1n) is 7.45. The van der Waals surface area contributed by atoms with Crippen LogP contribution in [0.15, 0.2) is 42.5 Å². The highest BCUT2D eigenvalue weighted by atomic mass is 16.5. The monoisotopic (exact) mass is 310 g/mol. The predicted octanol–water partition coefficient (Wildman–Crippen LogP) is 3.52. The van der Waals surface area contributed by atoms with Gasteiger partial charge in [-0.1, -0.05) is 12.1 Å². The Labute approximate surface area is 134 Å². The second kappa shape index (κ2) is 6.12. The van der Waals surface area contributed by atoms with Crippen molar-refractivity contribution in [3.8, 4) is 11.4 Å². The SMILES string of the molecule is CCOc1cc(-n2c(C)nc3ccccc32)ccc1C(=O)OC. The lowest BCUT2D eigenvalue weighted by atomic mass is 10.1. The standard InChI is InChI=1S/C18H18N2O3/c1-4-23-17-11-13(9-10-14(17)18(21)22-3)20-12(2)19-15-7-5-6-8-16(15)20/h5-11H,4H2,1-3H3. The summed E-state index contributed by atoms with van der Waals surface area (Å²) in [5, 5.41) is 0. The molecule has 0 spiro atoms. The lowest BCUT2D eigenvalue weighted by Crippen LogP contribution is -2.07. The molecule has 0 bridgehead atoms. The zero-order valence-electron chi connectivity index (χ0n) is 13.4. The Morgan fingerprint density at radius 1 is 1.22 bits per heavy atom. The van der Waals surface area contributed by atoms with Crippen LogP contribution in [0.25, 0.3) is 16.7 Å². The van der Waals surface area contributed by atoms with Crippen molar-refractivity contribution in [1.29, 1.82) is 0 Å². The first-order valence-corrected chi connectivity index (χ1v) is 7.45. The minimum Gasteiger partial charge on any atom is -0.493 e. The third-order valence-corrected chi connectivity index (χ3v) is 3.66. The minimum atomic E-state index is -0.410. The molecular formula is C18H18N2O3. The van der Waals surface area contributed by atoms with Crippen molar-refractivity contribution in [1.82, 2.24) is 9.55 Å². The van der Waals surface area contributed by atoms with E-state index in [0.717, 1.165) is 22.5 Å². The van der Waals surface area contributed by atoms with Crippen LogP contribution in [0.4, 0.5) is 0 Å². The van der Waals surface area contributed by atoms with Crippen LogP contribution in [-0.4, -0.2) is 29.2 Å². The number of aromatic nitrogens is 2. The number of esters is 1. The lowest BCUT2D eigenvalue weighted by Gasteiger charge is -2.13. The molecule has 5 nitrogen and oxygen atoms in total. The summed E-state index contributed by atoms with van der Waals surface area (Å²) < 4.78 is 12.5. The quantitative estimate of drug-likeness (QED) is 0.692. The summed E-state index contributed by atoms with van der Waals surface area (Å²) in [6.07, 6.45) is 0. The van der Waals surface area contributed by atoms with Gasteiger partial charge in [0.15, 0.2) is 0 Å². The molecule has 0 saturated heterocycles. The summed E-state index contributed by atoms with van der Waals surface area (Å²) in [6.45, 7) is 4.30. The topological polar surface area (TPSA) is 53.4 Å². The maximum atomic E-state index is 11.9. The van der Waals surface area contributed by atoms with Gasteiger partial charge in [-0.05, 0) is 38.1 Å². The molecule has 0 saturated carbocycles. The number of hydrogen-bond donors (Lipinski definition) is 0. The first kappa shape index (κ1) is 15.1. The van der Waals surface area contributed by atoms with E-state index in [1.165, 1.54) is 7.11 Å². The molecule has 23 heavy (non-hydrogen) atoms. The van der Waals surface area contributed by atoms with Crippen LogP contribution in [-0.2, 0) is 4.74 Å². The average Bonchev–Trinajstić information content (AvgIpc) is 2.90. The van der Waals surface area contributed by atoms with Crippen LogP contribution >= 0.6 is 0 Å². The number of rotatable bonds is 4. The van der Waals surface area contributed by atoms with Crippen LogP contribution in [0.5, 0.6) is 5.75 Å². The largest absolute Gasteiger partial charge is 0.493 e. The van der Waals surface area contributed by atoms with E-state index in [4.69, 9.17) is 9.47 Å². The Morgan fingerprint density at radius 3 is 2.74 bits per heavy atom. The van der Waals surface area contributed by atoms with E-state index in [9.17, 15) is 4.79 Å². The molecule has 118 valence electrons. The predicted molar refractivity (Wildman–Crippen MR) is 88.3 cm³/mol. The van der Waals surface area contributed by atoms with Crippen molar-refractivity contribution >= 4 is 17.0 Å². The number of para-hydroxylation sites is 2. The number of benzene rings is 2. The Balaban J connectivity index is 2.17. The maximum absolute atomic E-state index is 11.9. The van der Waals surface area contributed by atoms with Gasteiger partial charge in [-0.3, -0.25) is 4.57 Å². The zero-order valence-corrected chi connectivity index (χ0v) is 13.4. The molecule has 3 aromatic rings. The second-order valence-electron chi connectivity index (χ2n) is 5.09. The van der Waals surface area contributed by atoms with E-state index in [-0.39, 0.29) is 0 Å². The third kappa shape index (κ3) is 2.65. The number of aryl methyl sites for hydroxylation is 1. The van der Waals surface area contributed by atoms with Crippen LogP contribution in [0.3, 0.4) is 0 Å². The van der Waals surface area contributed by atoms with E-state index in [1.807, 2.05) is 54.8 Å². The number of fused-ring (bicyclic) bond motifs is 1. The molecular weight excluding hydrogens is 292 g/mol. The van der Waals surface area contributed by atoms with Crippen LogP contribution in [0, 0.1) is 6.92 Å². The molecule has 0 aliphatic rings. The molecule has 1 heterocycles. The van der Waals surface area contributed by atoms with Gasteiger partial charge in [0.1, 0.15) is 17.1 Å². The van der Waals surface area contributed by atoms with Crippen molar-refractivity contribution in [3.05, 3.63) is 53.9 Å². The molecule has 0 aliphatic heterocycles. The Kier molecular flexibility index (Phi) is 4.02. The van der Waals surface area contributed by atoms with E-state index in [1.54, 1.807) is 6.07 Å².